The lowest BCUT2D eigenvalue weighted by atomic mass is 10.1. The minimum Gasteiger partial charge on any atom is -0.505 e. The Kier molecular flexibility index (Phi) is 5.56. The van der Waals surface area contributed by atoms with Gasteiger partial charge in [0, 0.05) is 5.56 Å². The van der Waals surface area contributed by atoms with Gasteiger partial charge in [0.05, 0.1) is 28.2 Å². The molecule has 6 rings (SSSR count). The predicted octanol–water partition coefficient (Wildman–Crippen LogP) is 5.11. The van der Waals surface area contributed by atoms with Crippen LogP contribution in [0.4, 0.5) is 19.0 Å². The zero-order valence-corrected chi connectivity index (χ0v) is 20.3. The number of halogens is 3. The number of nitrogens with two attached hydrogens (primary N) is 1. The molecular weight excluding hydrogens is 509 g/mol. The van der Waals surface area contributed by atoms with E-state index in [1.807, 2.05) is 0 Å². The molecule has 1 atom stereocenters. The molecule has 194 valence electrons. The molecular formula is C28H19F3N6O2. The van der Waals surface area contributed by atoms with Crippen LogP contribution in [0.3, 0.4) is 0 Å². The van der Waals surface area contributed by atoms with Gasteiger partial charge in [0.1, 0.15) is 29.5 Å². The van der Waals surface area contributed by atoms with Crippen LogP contribution in [0, 0.1) is 17.5 Å². The maximum atomic E-state index is 14.3. The van der Waals surface area contributed by atoms with Gasteiger partial charge in [-0.15, -0.1) is 0 Å². The highest BCUT2D eigenvalue weighted by Gasteiger charge is 2.25. The summed E-state index contributed by atoms with van der Waals surface area (Å²) in [7, 11) is 0. The maximum Gasteiger partial charge on any atom is 0.263 e. The first-order valence-corrected chi connectivity index (χ1v) is 11.8. The summed E-state index contributed by atoms with van der Waals surface area (Å²) in [5, 5.41) is 15.3. The number of phenols is 1. The topological polar surface area (TPSA) is 112 Å². The Morgan fingerprint density at radius 3 is 2.51 bits per heavy atom. The first kappa shape index (κ1) is 24.2. The molecule has 0 aliphatic heterocycles. The van der Waals surface area contributed by atoms with Crippen molar-refractivity contribution >= 4 is 27.6 Å². The Morgan fingerprint density at radius 2 is 1.74 bits per heavy atom. The first-order chi connectivity index (χ1) is 18.7. The fourth-order valence-electron chi connectivity index (χ4n) is 4.74. The minimum atomic E-state index is -0.847. The zero-order chi connectivity index (χ0) is 27.4. The van der Waals surface area contributed by atoms with Crippen molar-refractivity contribution in [3.8, 4) is 22.7 Å². The molecule has 39 heavy (non-hydrogen) atoms. The number of hydrogen-bond acceptors (Lipinski definition) is 6. The van der Waals surface area contributed by atoms with Gasteiger partial charge in [-0.2, -0.15) is 5.10 Å². The molecule has 3 N–H and O–H groups in total. The van der Waals surface area contributed by atoms with Crippen LogP contribution in [0.5, 0.6) is 5.75 Å². The predicted molar refractivity (Wildman–Crippen MR) is 140 cm³/mol. The molecule has 3 aromatic heterocycles. The van der Waals surface area contributed by atoms with E-state index in [9.17, 15) is 23.1 Å². The van der Waals surface area contributed by atoms with E-state index >= 15 is 0 Å². The quantitative estimate of drug-likeness (QED) is 0.329. The van der Waals surface area contributed by atoms with Gasteiger partial charge in [-0.25, -0.2) is 27.8 Å². The van der Waals surface area contributed by atoms with Crippen LogP contribution in [-0.4, -0.2) is 29.4 Å². The second-order valence-electron chi connectivity index (χ2n) is 9.01. The third-order valence-electron chi connectivity index (χ3n) is 6.61. The smallest absolute Gasteiger partial charge is 0.263 e. The Bertz CT molecular complexity index is 1990. The number of rotatable bonds is 4. The lowest BCUT2D eigenvalue weighted by Gasteiger charge is -2.21. The second kappa shape index (κ2) is 8.98. The number of fused-ring (bicyclic) bond motifs is 2. The van der Waals surface area contributed by atoms with Gasteiger partial charge in [0.15, 0.2) is 17.2 Å². The van der Waals surface area contributed by atoms with Gasteiger partial charge >= 0.3 is 0 Å². The number of benzene rings is 3. The molecule has 3 aromatic carbocycles. The van der Waals surface area contributed by atoms with Crippen LogP contribution < -0.4 is 11.3 Å². The number of anilines is 1. The summed E-state index contributed by atoms with van der Waals surface area (Å²) in [5.41, 5.74) is 7.15. The molecule has 6 aromatic rings. The lowest BCUT2D eigenvalue weighted by Crippen LogP contribution is -2.26. The minimum absolute atomic E-state index is 0.0958. The monoisotopic (exact) mass is 528 g/mol. The Morgan fingerprint density at radius 1 is 0.949 bits per heavy atom. The van der Waals surface area contributed by atoms with Crippen molar-refractivity contribution in [3.63, 3.8) is 0 Å². The van der Waals surface area contributed by atoms with Crippen LogP contribution in [-0.2, 0) is 0 Å². The number of aromatic nitrogens is 5. The normalized spacial score (nSPS) is 12.3. The van der Waals surface area contributed by atoms with Gasteiger partial charge in [0.25, 0.3) is 5.56 Å². The fourth-order valence-corrected chi connectivity index (χ4v) is 4.74. The molecule has 0 saturated carbocycles. The van der Waals surface area contributed by atoms with Crippen LogP contribution >= 0.6 is 0 Å². The van der Waals surface area contributed by atoms with Crippen LogP contribution in [0.15, 0.2) is 77.9 Å². The lowest BCUT2D eigenvalue weighted by molar-refractivity contribution is 0.432. The number of phenolic OH excluding ortho intramolecular Hbond substituents is 1. The summed E-state index contributed by atoms with van der Waals surface area (Å²) >= 11 is 0. The summed E-state index contributed by atoms with van der Waals surface area (Å²) in [6.45, 7) is 1.76. The van der Waals surface area contributed by atoms with Crippen molar-refractivity contribution in [2.75, 3.05) is 5.73 Å². The summed E-state index contributed by atoms with van der Waals surface area (Å²) in [6.07, 6.45) is 1.26. The molecule has 0 spiro atoms. The Hall–Kier alpha value is -5.19. The molecule has 0 radical (unpaired) electrons. The molecule has 0 amide bonds. The van der Waals surface area contributed by atoms with E-state index in [1.165, 1.54) is 58.0 Å². The number of nitrogen functional groups attached to an aromatic ring is 1. The summed E-state index contributed by atoms with van der Waals surface area (Å²) in [5.74, 6) is -2.41. The Labute approximate surface area is 218 Å². The van der Waals surface area contributed by atoms with Crippen molar-refractivity contribution in [1.82, 2.24) is 24.3 Å². The molecule has 0 fully saturated rings. The molecule has 8 nitrogen and oxygen atoms in total. The summed E-state index contributed by atoms with van der Waals surface area (Å²) in [4.78, 5) is 22.1. The number of aromatic hydroxyl groups is 1. The van der Waals surface area contributed by atoms with E-state index in [0.717, 1.165) is 12.1 Å². The van der Waals surface area contributed by atoms with E-state index in [2.05, 4.69) is 15.1 Å². The van der Waals surface area contributed by atoms with E-state index in [-0.39, 0.29) is 22.6 Å². The highest BCUT2D eigenvalue weighted by molar-refractivity contribution is 5.98. The van der Waals surface area contributed by atoms with E-state index in [1.54, 1.807) is 19.1 Å². The number of pyridine rings is 1. The maximum absolute atomic E-state index is 14.3. The van der Waals surface area contributed by atoms with Crippen molar-refractivity contribution in [1.29, 1.82) is 0 Å². The standard InChI is InChI=1S/C28H19F3N6O2/c1-14(37-27-24(26(32)33-13-34-27)25(35-37)16-6-8-23(38)21(31)9-16)22-10-15-5-7-18(30)12-20(15)28(39)36(22)19-4-2-3-17(29)11-19/h2-14,38H,1H3,(H2,32,33,34). The molecule has 0 aliphatic rings. The zero-order valence-electron chi connectivity index (χ0n) is 20.3. The highest BCUT2D eigenvalue weighted by Crippen LogP contribution is 2.35. The van der Waals surface area contributed by atoms with Crippen molar-refractivity contribution in [3.05, 3.63) is 107 Å². The van der Waals surface area contributed by atoms with Crippen LogP contribution in [0.1, 0.15) is 18.7 Å². The summed E-state index contributed by atoms with van der Waals surface area (Å²) < 4.78 is 45.4. The summed E-state index contributed by atoms with van der Waals surface area (Å²) in [6, 6.07) is 14.2. The second-order valence-corrected chi connectivity index (χ2v) is 9.01. The molecule has 0 bridgehead atoms. The molecule has 0 saturated heterocycles. The van der Waals surface area contributed by atoms with E-state index in [4.69, 9.17) is 5.73 Å². The number of hydrogen-bond donors (Lipinski definition) is 2. The van der Waals surface area contributed by atoms with Gasteiger partial charge in [-0.1, -0.05) is 12.1 Å². The van der Waals surface area contributed by atoms with Crippen LogP contribution in [0.2, 0.25) is 0 Å². The van der Waals surface area contributed by atoms with Gasteiger partial charge in [-0.3, -0.25) is 9.36 Å². The molecule has 0 aliphatic carbocycles. The van der Waals surface area contributed by atoms with E-state index < -0.39 is 34.8 Å². The van der Waals surface area contributed by atoms with Crippen molar-refractivity contribution in [2.24, 2.45) is 0 Å². The van der Waals surface area contributed by atoms with Gasteiger partial charge in [-0.05, 0) is 66.9 Å². The van der Waals surface area contributed by atoms with Gasteiger partial charge in [0.2, 0.25) is 0 Å². The third-order valence-corrected chi connectivity index (χ3v) is 6.61. The number of nitrogens with zero attached hydrogens (tertiary/aromatic N) is 5. The highest BCUT2D eigenvalue weighted by atomic mass is 19.1. The fraction of sp³-hybridized carbons (Fsp3) is 0.0714. The van der Waals surface area contributed by atoms with Crippen LogP contribution in [0.25, 0.3) is 38.8 Å². The van der Waals surface area contributed by atoms with Crippen molar-refractivity contribution < 1.29 is 18.3 Å². The Balaban J connectivity index is 1.65. The molecule has 3 heterocycles. The average molecular weight is 528 g/mol. The van der Waals surface area contributed by atoms with Gasteiger partial charge < -0.3 is 10.8 Å². The van der Waals surface area contributed by atoms with E-state index in [0.29, 0.717) is 27.7 Å². The van der Waals surface area contributed by atoms with Crippen molar-refractivity contribution in [2.45, 2.75) is 13.0 Å². The molecule has 11 heteroatoms. The SMILES string of the molecule is CC(c1cc2ccc(F)cc2c(=O)n1-c1cccc(F)c1)n1nc(-c2ccc(O)c(F)c2)c2c(N)ncnc21. The average Bonchev–Trinajstić information content (AvgIpc) is 3.31. The first-order valence-electron chi connectivity index (χ1n) is 11.8. The third kappa shape index (κ3) is 3.95. The molecule has 1 unspecified atom stereocenters. The largest absolute Gasteiger partial charge is 0.505 e.